The van der Waals surface area contributed by atoms with Gasteiger partial charge in [0.15, 0.2) is 15.0 Å². The van der Waals surface area contributed by atoms with Gasteiger partial charge in [0, 0.05) is 24.9 Å². The number of anilines is 1. The van der Waals surface area contributed by atoms with Crippen LogP contribution in [-0.2, 0) is 9.84 Å². The molecule has 0 N–H and O–H groups in total. The Morgan fingerprint density at radius 3 is 2.42 bits per heavy atom. The van der Waals surface area contributed by atoms with Crippen LogP contribution in [0.5, 0.6) is 0 Å². The number of nitrogens with zero attached hydrogens (tertiary/aromatic N) is 3. The first kappa shape index (κ1) is 25.2. The molecule has 0 aliphatic heterocycles. The second-order valence-corrected chi connectivity index (χ2v) is 9.92. The number of benzene rings is 2. The molecule has 168 valence electrons. The van der Waals surface area contributed by atoms with Gasteiger partial charge in [0.2, 0.25) is 0 Å². The summed E-state index contributed by atoms with van der Waals surface area (Å²) in [4.78, 5) is 21.7. The van der Waals surface area contributed by atoms with Gasteiger partial charge < -0.3 is 4.90 Å². The standard InChI is InChI=1S/C21H24FN3O3S2.ClH/c1-4-24(5-2)11-12-25(20(26)15-7-6-8-16(22)13-15)21-23-18-10-9-17(30(3,27)28)14-19(18)29-21;/h6-10,13-14H,4-5,11-12H2,1-3H3;1H. The average Bonchev–Trinajstić information content (AvgIpc) is 3.13. The molecule has 0 unspecified atom stereocenters. The van der Waals surface area contributed by atoms with Crippen molar-refractivity contribution in [3.05, 3.63) is 53.8 Å². The number of hydrogen-bond donors (Lipinski definition) is 0. The molecule has 0 radical (unpaired) electrons. The molecule has 1 amide bonds. The van der Waals surface area contributed by atoms with Crippen LogP contribution in [0.3, 0.4) is 0 Å². The molecule has 2 aromatic carbocycles. The van der Waals surface area contributed by atoms with Crippen molar-refractivity contribution in [3.63, 3.8) is 0 Å². The average molecular weight is 486 g/mol. The molecule has 1 heterocycles. The van der Waals surface area contributed by atoms with Gasteiger partial charge in [-0.25, -0.2) is 17.8 Å². The molecule has 6 nitrogen and oxygen atoms in total. The highest BCUT2D eigenvalue weighted by molar-refractivity contribution is 7.90. The summed E-state index contributed by atoms with van der Waals surface area (Å²) in [5, 5.41) is 0.456. The van der Waals surface area contributed by atoms with Gasteiger partial charge in [-0.2, -0.15) is 0 Å². The summed E-state index contributed by atoms with van der Waals surface area (Å²) in [5.74, 6) is -0.823. The zero-order valence-electron chi connectivity index (χ0n) is 17.5. The lowest BCUT2D eigenvalue weighted by Crippen LogP contribution is -2.38. The highest BCUT2D eigenvalue weighted by atomic mass is 35.5. The molecule has 3 rings (SSSR count). The molecule has 0 spiro atoms. The van der Waals surface area contributed by atoms with Crippen LogP contribution in [0.4, 0.5) is 9.52 Å². The highest BCUT2D eigenvalue weighted by Crippen LogP contribution is 2.31. The number of aromatic nitrogens is 1. The Bertz CT molecular complexity index is 1160. The van der Waals surface area contributed by atoms with Crippen LogP contribution in [0.15, 0.2) is 47.4 Å². The van der Waals surface area contributed by atoms with E-state index in [2.05, 4.69) is 9.88 Å². The van der Waals surface area contributed by atoms with Crippen LogP contribution in [0.2, 0.25) is 0 Å². The SMILES string of the molecule is CCN(CC)CCN(C(=O)c1cccc(F)c1)c1nc2ccc(S(C)(=O)=O)cc2s1.Cl. The second kappa shape index (κ2) is 10.5. The van der Waals surface area contributed by atoms with Gasteiger partial charge in [-0.05, 0) is 49.5 Å². The number of carbonyl (C=O) groups excluding carboxylic acids is 1. The zero-order chi connectivity index (χ0) is 21.9. The predicted molar refractivity (Wildman–Crippen MR) is 126 cm³/mol. The van der Waals surface area contributed by atoms with E-state index in [1.54, 1.807) is 18.2 Å². The van der Waals surface area contributed by atoms with Crippen LogP contribution in [0, 0.1) is 5.82 Å². The van der Waals surface area contributed by atoms with Gasteiger partial charge >= 0.3 is 0 Å². The Hall–Kier alpha value is -2.07. The molecule has 31 heavy (non-hydrogen) atoms. The fraction of sp³-hybridized carbons (Fsp3) is 0.333. The van der Waals surface area contributed by atoms with Crippen LogP contribution in [-0.4, -0.2) is 56.6 Å². The van der Waals surface area contributed by atoms with Crippen molar-refractivity contribution in [1.82, 2.24) is 9.88 Å². The first-order valence-corrected chi connectivity index (χ1v) is 12.3. The van der Waals surface area contributed by atoms with Gasteiger partial charge in [-0.15, -0.1) is 12.4 Å². The molecule has 1 aromatic heterocycles. The van der Waals surface area contributed by atoms with Crippen LogP contribution >= 0.6 is 23.7 Å². The van der Waals surface area contributed by atoms with E-state index in [0.29, 0.717) is 28.4 Å². The number of amides is 1. The minimum absolute atomic E-state index is 0. The molecule has 10 heteroatoms. The summed E-state index contributed by atoms with van der Waals surface area (Å²) in [6.45, 7) is 6.81. The second-order valence-electron chi connectivity index (χ2n) is 6.89. The molecular weight excluding hydrogens is 461 g/mol. The summed E-state index contributed by atoms with van der Waals surface area (Å²) in [5.41, 5.74) is 0.855. The van der Waals surface area contributed by atoms with E-state index in [0.717, 1.165) is 19.3 Å². The Kier molecular flexibility index (Phi) is 8.53. The minimum atomic E-state index is -3.35. The Balaban J connectivity index is 0.00000341. The molecule has 0 fully saturated rings. The van der Waals surface area contributed by atoms with E-state index in [1.807, 2.05) is 13.8 Å². The molecule has 0 bridgehead atoms. The number of rotatable bonds is 8. The third kappa shape index (κ3) is 6.00. The van der Waals surface area contributed by atoms with Crippen LogP contribution in [0.25, 0.3) is 10.2 Å². The lowest BCUT2D eigenvalue weighted by Gasteiger charge is -2.24. The normalized spacial score (nSPS) is 11.5. The van der Waals surface area contributed by atoms with Crippen molar-refractivity contribution in [2.75, 3.05) is 37.3 Å². The maximum absolute atomic E-state index is 13.7. The zero-order valence-corrected chi connectivity index (χ0v) is 20.0. The van der Waals surface area contributed by atoms with Crippen molar-refractivity contribution >= 4 is 54.8 Å². The van der Waals surface area contributed by atoms with E-state index >= 15 is 0 Å². The van der Waals surface area contributed by atoms with E-state index in [-0.39, 0.29) is 28.8 Å². The molecule has 3 aromatic rings. The number of carbonyl (C=O) groups is 1. The number of thiazole rings is 1. The minimum Gasteiger partial charge on any atom is -0.302 e. The summed E-state index contributed by atoms with van der Waals surface area (Å²) in [6, 6.07) is 10.3. The molecule has 0 atom stereocenters. The number of hydrogen-bond acceptors (Lipinski definition) is 6. The lowest BCUT2D eigenvalue weighted by atomic mass is 10.2. The van der Waals surface area contributed by atoms with Crippen molar-refractivity contribution in [1.29, 1.82) is 0 Å². The fourth-order valence-electron chi connectivity index (χ4n) is 3.08. The predicted octanol–water partition coefficient (Wildman–Crippen LogP) is 4.25. The van der Waals surface area contributed by atoms with Gasteiger partial charge in [-0.1, -0.05) is 31.3 Å². The Morgan fingerprint density at radius 2 is 1.81 bits per heavy atom. The smallest absolute Gasteiger partial charge is 0.260 e. The van der Waals surface area contributed by atoms with E-state index < -0.39 is 15.7 Å². The van der Waals surface area contributed by atoms with Gasteiger partial charge in [0.25, 0.3) is 5.91 Å². The number of likely N-dealkylation sites (N-methyl/N-ethyl adjacent to an activating group) is 1. The first-order chi connectivity index (χ1) is 14.2. The van der Waals surface area contributed by atoms with Gasteiger partial charge in [-0.3, -0.25) is 9.69 Å². The summed E-state index contributed by atoms with van der Waals surface area (Å²) >= 11 is 1.25. The molecule has 0 aliphatic rings. The van der Waals surface area contributed by atoms with E-state index in [4.69, 9.17) is 0 Å². The van der Waals surface area contributed by atoms with E-state index in [1.165, 1.54) is 40.5 Å². The van der Waals surface area contributed by atoms with Crippen molar-refractivity contribution in [2.24, 2.45) is 0 Å². The molecular formula is C21H25ClFN3O3S2. The Labute approximate surface area is 192 Å². The van der Waals surface area contributed by atoms with Crippen LogP contribution in [0.1, 0.15) is 24.2 Å². The van der Waals surface area contributed by atoms with Crippen molar-refractivity contribution in [2.45, 2.75) is 18.7 Å². The summed E-state index contributed by atoms with van der Waals surface area (Å²) in [7, 11) is -3.35. The molecule has 0 aliphatic carbocycles. The van der Waals surface area contributed by atoms with Crippen molar-refractivity contribution in [3.8, 4) is 0 Å². The molecule has 0 saturated heterocycles. The third-order valence-electron chi connectivity index (χ3n) is 4.86. The van der Waals surface area contributed by atoms with E-state index in [9.17, 15) is 17.6 Å². The molecule has 0 saturated carbocycles. The summed E-state index contributed by atoms with van der Waals surface area (Å²) in [6.07, 6.45) is 1.15. The van der Waals surface area contributed by atoms with Crippen molar-refractivity contribution < 1.29 is 17.6 Å². The Morgan fingerprint density at radius 1 is 1.10 bits per heavy atom. The van der Waals surface area contributed by atoms with Crippen LogP contribution < -0.4 is 4.90 Å². The number of fused-ring (bicyclic) bond motifs is 1. The number of halogens is 2. The third-order valence-corrected chi connectivity index (χ3v) is 7.01. The fourth-order valence-corrected chi connectivity index (χ4v) is 4.83. The monoisotopic (exact) mass is 485 g/mol. The number of sulfone groups is 1. The lowest BCUT2D eigenvalue weighted by molar-refractivity contribution is 0.0983. The van der Waals surface area contributed by atoms with Gasteiger partial charge in [0.05, 0.1) is 15.1 Å². The summed E-state index contributed by atoms with van der Waals surface area (Å²) < 4.78 is 38.1. The first-order valence-electron chi connectivity index (χ1n) is 9.63. The maximum Gasteiger partial charge on any atom is 0.260 e. The topological polar surface area (TPSA) is 70.6 Å². The quantitative estimate of drug-likeness (QED) is 0.477. The highest BCUT2D eigenvalue weighted by Gasteiger charge is 2.23. The maximum atomic E-state index is 13.7. The largest absolute Gasteiger partial charge is 0.302 e. The van der Waals surface area contributed by atoms with Gasteiger partial charge in [0.1, 0.15) is 5.82 Å².